The smallest absolute Gasteiger partial charge is 0.237 e. The Morgan fingerprint density at radius 2 is 2.04 bits per heavy atom. The van der Waals surface area contributed by atoms with Crippen LogP contribution in [0.3, 0.4) is 0 Å². The number of carbonyl (C=O) groups excluding carboxylic acids is 1. The van der Waals surface area contributed by atoms with Crippen LogP contribution in [0.4, 0.5) is 0 Å². The molecular weight excluding hydrogens is 302 g/mol. The van der Waals surface area contributed by atoms with E-state index >= 15 is 0 Å². The summed E-state index contributed by atoms with van der Waals surface area (Å²) in [7, 11) is 0. The first-order valence-corrected chi connectivity index (χ1v) is 8.44. The predicted octanol–water partition coefficient (Wildman–Crippen LogP) is 2.42. The van der Waals surface area contributed by atoms with Crippen molar-refractivity contribution in [2.24, 2.45) is 0 Å². The molecule has 0 saturated carbocycles. The van der Waals surface area contributed by atoms with Crippen LogP contribution in [0.1, 0.15) is 30.5 Å². The van der Waals surface area contributed by atoms with Gasteiger partial charge in [-0.25, -0.2) is 0 Å². The van der Waals surface area contributed by atoms with E-state index in [9.17, 15) is 4.79 Å². The second-order valence-corrected chi connectivity index (χ2v) is 5.97. The van der Waals surface area contributed by atoms with Gasteiger partial charge in [-0.3, -0.25) is 9.78 Å². The van der Waals surface area contributed by atoms with E-state index in [4.69, 9.17) is 4.74 Å². The lowest BCUT2D eigenvalue weighted by atomic mass is 10.1. The third-order valence-electron chi connectivity index (χ3n) is 4.12. The molecule has 0 aliphatic carbocycles. The van der Waals surface area contributed by atoms with E-state index in [0.29, 0.717) is 13.2 Å². The van der Waals surface area contributed by atoms with Gasteiger partial charge in [-0.05, 0) is 49.1 Å². The van der Waals surface area contributed by atoms with Crippen LogP contribution >= 0.6 is 0 Å². The van der Waals surface area contributed by atoms with Gasteiger partial charge in [0.05, 0.1) is 11.7 Å². The fraction of sp³-hybridized carbons (Fsp3) is 0.368. The molecule has 1 fully saturated rings. The highest BCUT2D eigenvalue weighted by atomic mass is 16.5. The first-order chi connectivity index (χ1) is 11.8. The minimum atomic E-state index is -0.0902. The molecule has 2 N–H and O–H groups in total. The molecular formula is C19H23N3O2. The van der Waals surface area contributed by atoms with Crippen molar-refractivity contribution in [1.82, 2.24) is 15.6 Å². The van der Waals surface area contributed by atoms with Crippen LogP contribution in [0.2, 0.25) is 0 Å². The molecule has 5 nitrogen and oxygen atoms in total. The van der Waals surface area contributed by atoms with Gasteiger partial charge in [-0.15, -0.1) is 0 Å². The van der Waals surface area contributed by atoms with Crippen molar-refractivity contribution in [3.63, 3.8) is 0 Å². The number of nitrogens with zero attached hydrogens (tertiary/aromatic N) is 1. The highest BCUT2D eigenvalue weighted by Crippen LogP contribution is 2.14. The van der Waals surface area contributed by atoms with Crippen molar-refractivity contribution in [2.75, 3.05) is 6.54 Å². The van der Waals surface area contributed by atoms with Crippen LogP contribution in [-0.4, -0.2) is 23.5 Å². The molecule has 0 spiro atoms. The number of hydrogen-bond acceptors (Lipinski definition) is 4. The number of rotatable bonds is 6. The Labute approximate surface area is 142 Å². The average molecular weight is 325 g/mol. The molecule has 1 aliphatic rings. The van der Waals surface area contributed by atoms with Gasteiger partial charge in [0.2, 0.25) is 5.91 Å². The highest BCUT2D eigenvalue weighted by molar-refractivity contribution is 5.81. The van der Waals surface area contributed by atoms with Crippen molar-refractivity contribution in [3.05, 3.63) is 59.9 Å². The summed E-state index contributed by atoms with van der Waals surface area (Å²) in [4.78, 5) is 16.1. The standard InChI is InChI=1S/C19H23N3O2/c23-19-18(6-2-4-12-21-19)22-13-15-7-9-17(10-8-15)24-14-16-5-1-3-11-20-16/h1,3,5,7-11,18,22H,2,4,6,12-14H2,(H,21,23). The van der Waals surface area contributed by atoms with E-state index in [2.05, 4.69) is 15.6 Å². The molecule has 1 amide bonds. The molecule has 2 aromatic rings. The molecule has 1 saturated heterocycles. The normalized spacial score (nSPS) is 17.8. The highest BCUT2D eigenvalue weighted by Gasteiger charge is 2.19. The Kier molecular flexibility index (Phi) is 5.80. The predicted molar refractivity (Wildman–Crippen MR) is 92.5 cm³/mol. The van der Waals surface area contributed by atoms with Gasteiger partial charge in [-0.2, -0.15) is 0 Å². The van der Waals surface area contributed by atoms with Gasteiger partial charge in [0.1, 0.15) is 12.4 Å². The van der Waals surface area contributed by atoms with Crippen LogP contribution in [-0.2, 0) is 17.9 Å². The number of nitrogens with one attached hydrogen (secondary N) is 2. The molecule has 2 heterocycles. The summed E-state index contributed by atoms with van der Waals surface area (Å²) in [5, 5.41) is 6.29. The molecule has 126 valence electrons. The zero-order valence-electron chi connectivity index (χ0n) is 13.7. The molecule has 5 heteroatoms. The largest absolute Gasteiger partial charge is 0.487 e. The van der Waals surface area contributed by atoms with Gasteiger partial charge in [0.25, 0.3) is 0 Å². The van der Waals surface area contributed by atoms with Crippen LogP contribution < -0.4 is 15.4 Å². The Balaban J connectivity index is 1.48. The topological polar surface area (TPSA) is 63.2 Å². The van der Waals surface area contributed by atoms with Gasteiger partial charge >= 0.3 is 0 Å². The van der Waals surface area contributed by atoms with E-state index in [1.54, 1.807) is 6.20 Å². The SMILES string of the molecule is O=C1NCCCCC1NCc1ccc(OCc2ccccn2)cc1. The Morgan fingerprint density at radius 3 is 2.83 bits per heavy atom. The summed E-state index contributed by atoms with van der Waals surface area (Å²) in [6, 6.07) is 13.6. The summed E-state index contributed by atoms with van der Waals surface area (Å²) in [5.74, 6) is 0.930. The maximum atomic E-state index is 11.9. The van der Waals surface area contributed by atoms with Crippen molar-refractivity contribution in [3.8, 4) is 5.75 Å². The van der Waals surface area contributed by atoms with E-state index in [-0.39, 0.29) is 11.9 Å². The van der Waals surface area contributed by atoms with Gasteiger partial charge in [0.15, 0.2) is 0 Å². The number of amides is 1. The van der Waals surface area contributed by atoms with Crippen molar-refractivity contribution < 1.29 is 9.53 Å². The lowest BCUT2D eigenvalue weighted by molar-refractivity contribution is -0.122. The third kappa shape index (κ3) is 4.80. The number of pyridine rings is 1. The first kappa shape index (κ1) is 16.5. The van der Waals surface area contributed by atoms with Crippen LogP contribution in [0.25, 0.3) is 0 Å². The third-order valence-corrected chi connectivity index (χ3v) is 4.12. The second-order valence-electron chi connectivity index (χ2n) is 5.97. The number of ether oxygens (including phenoxy) is 1. The first-order valence-electron chi connectivity index (χ1n) is 8.44. The molecule has 1 atom stereocenters. The van der Waals surface area contributed by atoms with Crippen LogP contribution in [0, 0.1) is 0 Å². The Hall–Kier alpha value is -2.40. The number of benzene rings is 1. The number of hydrogen-bond donors (Lipinski definition) is 2. The van der Waals surface area contributed by atoms with Gasteiger partial charge in [-0.1, -0.05) is 18.2 Å². The summed E-state index contributed by atoms with van der Waals surface area (Å²) in [6.07, 6.45) is 4.80. The number of aromatic nitrogens is 1. The maximum Gasteiger partial charge on any atom is 0.237 e. The fourth-order valence-corrected chi connectivity index (χ4v) is 2.72. The lowest BCUT2D eigenvalue weighted by Crippen LogP contribution is -2.42. The molecule has 1 aliphatic heterocycles. The molecule has 0 radical (unpaired) electrons. The fourth-order valence-electron chi connectivity index (χ4n) is 2.72. The summed E-state index contributed by atoms with van der Waals surface area (Å²) < 4.78 is 5.73. The van der Waals surface area contributed by atoms with Crippen LogP contribution in [0.5, 0.6) is 5.75 Å². The summed E-state index contributed by atoms with van der Waals surface area (Å²) in [5.41, 5.74) is 2.04. The molecule has 0 bridgehead atoms. The minimum Gasteiger partial charge on any atom is -0.487 e. The number of carbonyl (C=O) groups is 1. The lowest BCUT2D eigenvalue weighted by Gasteiger charge is -2.15. The molecule has 1 aromatic heterocycles. The zero-order valence-corrected chi connectivity index (χ0v) is 13.7. The van der Waals surface area contributed by atoms with Gasteiger partial charge < -0.3 is 15.4 Å². The minimum absolute atomic E-state index is 0.0902. The Bertz CT molecular complexity index is 643. The molecule has 3 rings (SSSR count). The molecule has 1 unspecified atom stereocenters. The summed E-state index contributed by atoms with van der Waals surface area (Å²) in [6.45, 7) is 1.93. The van der Waals surface area contributed by atoms with Crippen molar-refractivity contribution >= 4 is 5.91 Å². The van der Waals surface area contributed by atoms with E-state index in [1.807, 2.05) is 42.5 Å². The van der Waals surface area contributed by atoms with E-state index in [0.717, 1.165) is 42.8 Å². The second kappa shape index (κ2) is 8.45. The average Bonchev–Trinajstić information content (AvgIpc) is 2.84. The Morgan fingerprint density at radius 1 is 1.17 bits per heavy atom. The quantitative estimate of drug-likeness (QED) is 0.856. The van der Waals surface area contributed by atoms with Crippen molar-refractivity contribution in [1.29, 1.82) is 0 Å². The maximum absolute atomic E-state index is 11.9. The van der Waals surface area contributed by atoms with E-state index in [1.165, 1.54) is 0 Å². The van der Waals surface area contributed by atoms with E-state index < -0.39 is 0 Å². The summed E-state index contributed by atoms with van der Waals surface area (Å²) >= 11 is 0. The van der Waals surface area contributed by atoms with Crippen LogP contribution in [0.15, 0.2) is 48.7 Å². The van der Waals surface area contributed by atoms with Gasteiger partial charge in [0, 0.05) is 19.3 Å². The molecule has 1 aromatic carbocycles. The molecule has 24 heavy (non-hydrogen) atoms. The zero-order chi connectivity index (χ0) is 16.6. The monoisotopic (exact) mass is 325 g/mol. The van der Waals surface area contributed by atoms with Crippen molar-refractivity contribution in [2.45, 2.75) is 38.5 Å².